The fourth-order valence-corrected chi connectivity index (χ4v) is 3.11. The highest BCUT2D eigenvalue weighted by molar-refractivity contribution is 5.94. The summed E-state index contributed by atoms with van der Waals surface area (Å²) in [5.74, 6) is 2.45. The van der Waals surface area contributed by atoms with Crippen molar-refractivity contribution in [1.29, 1.82) is 0 Å². The summed E-state index contributed by atoms with van der Waals surface area (Å²) in [6.07, 6.45) is 2.44. The molecule has 1 saturated carbocycles. The lowest BCUT2D eigenvalue weighted by Crippen LogP contribution is -2.31. The predicted octanol–water partition coefficient (Wildman–Crippen LogP) is 3.22. The molecule has 0 radical (unpaired) electrons. The highest BCUT2D eigenvalue weighted by Gasteiger charge is 2.30. The molecule has 5 heteroatoms. The van der Waals surface area contributed by atoms with E-state index in [9.17, 15) is 4.79 Å². The van der Waals surface area contributed by atoms with E-state index in [2.05, 4.69) is 35.2 Å². The fraction of sp³-hybridized carbons (Fsp3) is 0.421. The van der Waals surface area contributed by atoms with Crippen LogP contribution in [0.25, 0.3) is 0 Å². The van der Waals surface area contributed by atoms with E-state index in [1.54, 1.807) is 0 Å². The molecule has 1 aromatic heterocycles. The molecule has 2 heterocycles. The summed E-state index contributed by atoms with van der Waals surface area (Å²) in [7, 11) is 0. The normalized spacial score (nSPS) is 18.9. The van der Waals surface area contributed by atoms with E-state index < -0.39 is 6.10 Å². The van der Waals surface area contributed by atoms with Gasteiger partial charge in [0.15, 0.2) is 6.10 Å². The van der Waals surface area contributed by atoms with Crippen molar-refractivity contribution >= 4 is 11.7 Å². The van der Waals surface area contributed by atoms with Crippen molar-refractivity contribution in [3.05, 3.63) is 46.4 Å². The van der Waals surface area contributed by atoms with E-state index >= 15 is 0 Å². The molecule has 2 aromatic rings. The molecule has 1 fully saturated rings. The van der Waals surface area contributed by atoms with Crippen molar-refractivity contribution in [2.24, 2.45) is 0 Å². The van der Waals surface area contributed by atoms with E-state index in [4.69, 9.17) is 4.74 Å². The second-order valence-corrected chi connectivity index (χ2v) is 6.84. The maximum atomic E-state index is 12.6. The van der Waals surface area contributed by atoms with E-state index in [-0.39, 0.29) is 5.91 Å². The van der Waals surface area contributed by atoms with E-state index in [0.717, 1.165) is 17.0 Å². The zero-order chi connectivity index (χ0) is 16.8. The van der Waals surface area contributed by atoms with Crippen LogP contribution in [-0.4, -0.2) is 22.0 Å². The Bertz CT molecular complexity index is 797. The predicted molar refractivity (Wildman–Crippen MR) is 91.4 cm³/mol. The number of amides is 1. The van der Waals surface area contributed by atoms with Crippen molar-refractivity contribution in [3.63, 3.8) is 0 Å². The number of ether oxygens (including phenoxy) is 1. The number of carbonyl (C=O) groups excluding carboxylic acids is 1. The van der Waals surface area contributed by atoms with Gasteiger partial charge in [0.2, 0.25) is 0 Å². The summed E-state index contributed by atoms with van der Waals surface area (Å²) < 4.78 is 5.84. The standard InChI is InChI=1S/C19H21N3O2/c1-10-6-14-8-17(24-16(14)7-11(10)2)19(23)22-18-9-15(13-4-5-13)20-12(3)21-18/h6-7,9,13,17H,4-5,8H2,1-3H3,(H,20,21,22,23)/t17-/m0/s1. The summed E-state index contributed by atoms with van der Waals surface area (Å²) in [4.78, 5) is 21.4. The number of nitrogens with one attached hydrogen (secondary N) is 1. The van der Waals surface area contributed by atoms with Crippen molar-refractivity contribution < 1.29 is 9.53 Å². The molecule has 0 unspecified atom stereocenters. The lowest BCUT2D eigenvalue weighted by Gasteiger charge is -2.12. The number of aromatic nitrogens is 2. The number of benzene rings is 1. The number of aryl methyl sites for hydroxylation is 3. The molecule has 124 valence electrons. The fourth-order valence-electron chi connectivity index (χ4n) is 3.11. The Labute approximate surface area is 141 Å². The molecule has 1 N–H and O–H groups in total. The van der Waals surface area contributed by atoms with E-state index in [0.29, 0.717) is 24.0 Å². The second kappa shape index (κ2) is 5.58. The van der Waals surface area contributed by atoms with Gasteiger partial charge in [-0.15, -0.1) is 0 Å². The Balaban J connectivity index is 1.49. The second-order valence-electron chi connectivity index (χ2n) is 6.84. The molecular formula is C19H21N3O2. The van der Waals surface area contributed by atoms with Gasteiger partial charge in [0.05, 0.1) is 0 Å². The molecule has 24 heavy (non-hydrogen) atoms. The number of anilines is 1. The molecule has 2 aliphatic rings. The van der Waals surface area contributed by atoms with Gasteiger partial charge in [-0.25, -0.2) is 9.97 Å². The SMILES string of the molecule is Cc1nc(NC(=O)[C@@H]2Cc3cc(C)c(C)cc3O2)cc(C2CC2)n1. The first-order chi connectivity index (χ1) is 11.5. The van der Waals surface area contributed by atoms with Crippen LogP contribution in [0.15, 0.2) is 18.2 Å². The van der Waals surface area contributed by atoms with Gasteiger partial charge < -0.3 is 10.1 Å². The zero-order valence-corrected chi connectivity index (χ0v) is 14.2. The summed E-state index contributed by atoms with van der Waals surface area (Å²) in [6.45, 7) is 5.98. The molecule has 1 amide bonds. The lowest BCUT2D eigenvalue weighted by atomic mass is 10.0. The van der Waals surface area contributed by atoms with Crippen molar-refractivity contribution in [1.82, 2.24) is 9.97 Å². The summed E-state index contributed by atoms with van der Waals surface area (Å²) in [5, 5.41) is 2.90. The maximum Gasteiger partial charge on any atom is 0.266 e. The van der Waals surface area contributed by atoms with Gasteiger partial charge in [-0.2, -0.15) is 0 Å². The van der Waals surface area contributed by atoms with Crippen LogP contribution in [0.1, 0.15) is 47.0 Å². The van der Waals surface area contributed by atoms with Crippen molar-refractivity contribution in [2.45, 2.75) is 52.1 Å². The Morgan fingerprint density at radius 1 is 1.12 bits per heavy atom. The summed E-state index contributed by atoms with van der Waals surface area (Å²) >= 11 is 0. The number of carbonyl (C=O) groups is 1. The molecule has 0 bridgehead atoms. The van der Waals surface area contributed by atoms with Crippen LogP contribution < -0.4 is 10.1 Å². The number of fused-ring (bicyclic) bond motifs is 1. The van der Waals surface area contributed by atoms with Crippen LogP contribution in [0.4, 0.5) is 5.82 Å². The molecule has 1 aliphatic heterocycles. The molecule has 1 aromatic carbocycles. The molecule has 0 spiro atoms. The first-order valence-electron chi connectivity index (χ1n) is 8.43. The first-order valence-corrected chi connectivity index (χ1v) is 8.43. The third-order valence-electron chi connectivity index (χ3n) is 4.75. The Kier molecular flexibility index (Phi) is 3.52. The number of nitrogens with zero attached hydrogens (tertiary/aromatic N) is 2. The summed E-state index contributed by atoms with van der Waals surface area (Å²) in [6, 6.07) is 6.01. The Hall–Kier alpha value is -2.43. The lowest BCUT2D eigenvalue weighted by molar-refractivity contribution is -0.122. The smallest absolute Gasteiger partial charge is 0.266 e. The average Bonchev–Trinajstić information content (AvgIpc) is 3.29. The van der Waals surface area contributed by atoms with Gasteiger partial charge in [-0.3, -0.25) is 4.79 Å². The molecule has 1 aliphatic carbocycles. The summed E-state index contributed by atoms with van der Waals surface area (Å²) in [5.41, 5.74) is 4.52. The van der Waals surface area contributed by atoms with E-state index in [1.165, 1.54) is 24.0 Å². The van der Waals surface area contributed by atoms with Crippen LogP contribution in [0.5, 0.6) is 5.75 Å². The highest BCUT2D eigenvalue weighted by atomic mass is 16.5. The van der Waals surface area contributed by atoms with Gasteiger partial charge in [0, 0.05) is 24.1 Å². The monoisotopic (exact) mass is 323 g/mol. The number of hydrogen-bond acceptors (Lipinski definition) is 4. The van der Waals surface area contributed by atoms with Crippen LogP contribution in [-0.2, 0) is 11.2 Å². The molecular weight excluding hydrogens is 302 g/mol. The van der Waals surface area contributed by atoms with Crippen LogP contribution in [0, 0.1) is 20.8 Å². The van der Waals surface area contributed by atoms with Gasteiger partial charge in [0.1, 0.15) is 17.4 Å². The van der Waals surface area contributed by atoms with E-state index in [1.807, 2.05) is 19.1 Å². The average molecular weight is 323 g/mol. The third-order valence-corrected chi connectivity index (χ3v) is 4.75. The number of rotatable bonds is 3. The quantitative estimate of drug-likeness (QED) is 0.942. The van der Waals surface area contributed by atoms with Crippen LogP contribution in [0.2, 0.25) is 0 Å². The van der Waals surface area contributed by atoms with Gasteiger partial charge in [-0.05, 0) is 56.4 Å². The minimum Gasteiger partial charge on any atom is -0.480 e. The largest absolute Gasteiger partial charge is 0.480 e. The third kappa shape index (κ3) is 2.86. The molecule has 4 rings (SSSR count). The molecule has 0 saturated heterocycles. The first kappa shape index (κ1) is 15.1. The van der Waals surface area contributed by atoms with Crippen LogP contribution >= 0.6 is 0 Å². The minimum atomic E-state index is -0.499. The van der Waals surface area contributed by atoms with Gasteiger partial charge in [-0.1, -0.05) is 6.07 Å². The topological polar surface area (TPSA) is 64.1 Å². The zero-order valence-electron chi connectivity index (χ0n) is 14.2. The molecule has 5 nitrogen and oxygen atoms in total. The van der Waals surface area contributed by atoms with Crippen molar-refractivity contribution in [2.75, 3.05) is 5.32 Å². The van der Waals surface area contributed by atoms with Gasteiger partial charge >= 0.3 is 0 Å². The highest BCUT2D eigenvalue weighted by Crippen LogP contribution is 2.39. The molecule has 1 atom stereocenters. The minimum absolute atomic E-state index is 0.152. The van der Waals surface area contributed by atoms with Crippen molar-refractivity contribution in [3.8, 4) is 5.75 Å². The van der Waals surface area contributed by atoms with Gasteiger partial charge in [0.25, 0.3) is 5.91 Å². The Morgan fingerprint density at radius 2 is 1.88 bits per heavy atom. The Morgan fingerprint density at radius 3 is 2.62 bits per heavy atom. The van der Waals surface area contributed by atoms with Crippen LogP contribution in [0.3, 0.4) is 0 Å². The number of hydrogen-bond donors (Lipinski definition) is 1. The maximum absolute atomic E-state index is 12.6.